The topological polar surface area (TPSA) is 35.6 Å². The Balaban J connectivity index is 1.28. The Kier molecular flexibility index (Phi) is 7.79. The predicted octanol–water partition coefficient (Wildman–Crippen LogP) is 9.72. The van der Waals surface area contributed by atoms with Gasteiger partial charge >= 0.3 is 0 Å². The molecular weight excluding hydrogens is 709 g/mol. The molecule has 0 N–H and O–H groups in total. The summed E-state index contributed by atoms with van der Waals surface area (Å²) >= 11 is 0. The molecule has 11 rings (SSSR count). The second-order valence-corrected chi connectivity index (χ2v) is 18.3. The van der Waals surface area contributed by atoms with Crippen molar-refractivity contribution in [2.24, 2.45) is 0 Å². The number of benzene rings is 8. The minimum Gasteiger partial charge on any atom is -0.294 e. The maximum Gasteiger partial charge on any atom is 0.237 e. The van der Waals surface area contributed by atoms with Crippen molar-refractivity contribution >= 4 is 72.4 Å². The largest absolute Gasteiger partial charge is 0.294 e. The third kappa shape index (κ3) is 5.13. The van der Waals surface area contributed by atoms with Crippen LogP contribution in [0.1, 0.15) is 0 Å². The molecule has 57 heavy (non-hydrogen) atoms. The highest BCUT2D eigenvalue weighted by Crippen LogP contribution is 2.35. The molecule has 0 aliphatic heterocycles. The molecule has 0 saturated carbocycles. The maximum atomic E-state index is 5.63. The molecule has 0 aliphatic carbocycles. The van der Waals surface area contributed by atoms with Crippen LogP contribution in [-0.2, 0) is 0 Å². The molecule has 11 aromatic rings. The summed E-state index contributed by atoms with van der Waals surface area (Å²) in [6.07, 6.45) is 0. The highest BCUT2D eigenvalue weighted by Gasteiger charge is 2.43. The minimum absolute atomic E-state index is 0.628. The Labute approximate surface area is 331 Å². The second kappa shape index (κ2) is 13.4. The lowest BCUT2D eigenvalue weighted by Gasteiger charge is -2.35. The monoisotopic (exact) mass is 744 g/mol. The van der Waals surface area contributed by atoms with E-state index in [2.05, 4.69) is 228 Å². The van der Waals surface area contributed by atoms with E-state index < -0.39 is 8.07 Å². The average Bonchev–Trinajstić information content (AvgIpc) is 3.81. The van der Waals surface area contributed by atoms with Gasteiger partial charge in [0.25, 0.3) is 0 Å². The van der Waals surface area contributed by atoms with Gasteiger partial charge in [-0.2, -0.15) is 4.98 Å². The second-order valence-electron chi connectivity index (χ2n) is 14.5. The van der Waals surface area contributed by atoms with Gasteiger partial charge in [-0.1, -0.05) is 188 Å². The molecule has 0 radical (unpaired) electrons. The quantitative estimate of drug-likeness (QED) is 0.120. The Morgan fingerprint density at radius 1 is 0.333 bits per heavy atom. The van der Waals surface area contributed by atoms with Crippen LogP contribution in [0.15, 0.2) is 218 Å². The van der Waals surface area contributed by atoms with Gasteiger partial charge in [-0.25, -0.2) is 4.98 Å². The third-order valence-electron chi connectivity index (χ3n) is 11.5. The van der Waals surface area contributed by atoms with Gasteiger partial charge in [0.1, 0.15) is 5.82 Å². The summed E-state index contributed by atoms with van der Waals surface area (Å²) in [6, 6.07) is 78.9. The number of aromatic nitrogens is 4. The fourth-order valence-corrected chi connectivity index (χ4v) is 14.1. The van der Waals surface area contributed by atoms with E-state index in [1.807, 2.05) is 0 Å². The standard InChI is InChI=1S/C52H36N4Si/c1-4-20-37(21-5-1)57(38-22-6-2-7-23-38,39-24-8-3-9-25-39)50-35-19-14-30-44(50)45-36-51(55-46-31-15-10-26-40(46)41-27-11-16-32-47(41)55)54-52(53-45)56-48-33-17-12-28-42(48)43-29-13-18-34-49(43)56/h1-36H. The molecule has 0 amide bonds. The zero-order valence-corrected chi connectivity index (χ0v) is 32.1. The first-order valence-corrected chi connectivity index (χ1v) is 21.4. The maximum absolute atomic E-state index is 5.63. The van der Waals surface area contributed by atoms with Gasteiger partial charge in [-0.15, -0.1) is 0 Å². The van der Waals surface area contributed by atoms with E-state index in [1.165, 1.54) is 42.3 Å². The molecule has 0 aliphatic rings. The van der Waals surface area contributed by atoms with Crippen molar-refractivity contribution in [2.75, 3.05) is 0 Å². The molecular formula is C52H36N4Si. The summed E-state index contributed by atoms with van der Waals surface area (Å²) in [4.78, 5) is 11.2. The first kappa shape index (κ1) is 33.0. The molecule has 8 aromatic carbocycles. The number of hydrogen-bond acceptors (Lipinski definition) is 2. The van der Waals surface area contributed by atoms with Crippen LogP contribution >= 0.6 is 0 Å². The highest BCUT2D eigenvalue weighted by atomic mass is 28.3. The molecule has 3 heterocycles. The predicted molar refractivity (Wildman–Crippen MR) is 240 cm³/mol. The number of nitrogens with zero attached hydrogens (tertiary/aromatic N) is 4. The van der Waals surface area contributed by atoms with E-state index in [4.69, 9.17) is 9.97 Å². The number of fused-ring (bicyclic) bond motifs is 6. The van der Waals surface area contributed by atoms with Crippen molar-refractivity contribution in [3.63, 3.8) is 0 Å². The molecule has 4 nitrogen and oxygen atoms in total. The first-order chi connectivity index (χ1) is 28.3. The molecule has 3 aromatic heterocycles. The number of hydrogen-bond donors (Lipinski definition) is 0. The fraction of sp³-hybridized carbons (Fsp3) is 0. The molecule has 268 valence electrons. The van der Waals surface area contributed by atoms with Crippen LogP contribution in [0.3, 0.4) is 0 Å². The molecule has 0 saturated heterocycles. The van der Waals surface area contributed by atoms with E-state index in [9.17, 15) is 0 Å². The van der Waals surface area contributed by atoms with Gasteiger partial charge in [0.05, 0.1) is 27.8 Å². The zero-order chi connectivity index (χ0) is 37.8. The molecule has 0 unspecified atom stereocenters. The van der Waals surface area contributed by atoms with Crippen LogP contribution in [0.4, 0.5) is 0 Å². The van der Waals surface area contributed by atoms with E-state index in [0.717, 1.165) is 39.1 Å². The van der Waals surface area contributed by atoms with Gasteiger partial charge in [0.15, 0.2) is 8.07 Å². The van der Waals surface area contributed by atoms with Crippen LogP contribution in [0.5, 0.6) is 0 Å². The lowest BCUT2D eigenvalue weighted by atomic mass is 10.1. The SMILES string of the molecule is c1ccc([Si](c2ccccc2)(c2ccccc2)c2ccccc2-c2cc(-n3c4ccccc4c4ccccc43)nc(-n3c4ccccc4c4ccccc43)n2)cc1. The van der Waals surface area contributed by atoms with Crippen LogP contribution in [0, 0.1) is 0 Å². The zero-order valence-electron chi connectivity index (χ0n) is 31.1. The summed E-state index contributed by atoms with van der Waals surface area (Å²) in [7, 11) is -2.94. The Hall–Kier alpha value is -7.34. The number of rotatable bonds is 7. The van der Waals surface area contributed by atoms with Gasteiger partial charge in [0, 0.05) is 33.2 Å². The molecule has 5 heteroatoms. The highest BCUT2D eigenvalue weighted by molar-refractivity contribution is 7.20. The van der Waals surface area contributed by atoms with Crippen molar-refractivity contribution in [3.8, 4) is 23.0 Å². The lowest BCUT2D eigenvalue weighted by molar-refractivity contribution is 0.952. The van der Waals surface area contributed by atoms with Crippen molar-refractivity contribution < 1.29 is 0 Å². The Morgan fingerprint density at radius 2 is 0.702 bits per heavy atom. The molecule has 0 fully saturated rings. The van der Waals surface area contributed by atoms with Crippen LogP contribution < -0.4 is 20.7 Å². The van der Waals surface area contributed by atoms with Crippen molar-refractivity contribution in [1.29, 1.82) is 0 Å². The van der Waals surface area contributed by atoms with Crippen molar-refractivity contribution in [2.45, 2.75) is 0 Å². The van der Waals surface area contributed by atoms with Crippen LogP contribution in [-0.4, -0.2) is 27.2 Å². The van der Waals surface area contributed by atoms with Gasteiger partial charge in [-0.05, 0) is 45.0 Å². The summed E-state index contributed by atoms with van der Waals surface area (Å²) in [6.45, 7) is 0. The van der Waals surface area contributed by atoms with Crippen molar-refractivity contribution in [3.05, 3.63) is 218 Å². The minimum atomic E-state index is -2.94. The van der Waals surface area contributed by atoms with Gasteiger partial charge < -0.3 is 0 Å². The van der Waals surface area contributed by atoms with Gasteiger partial charge in [-0.3, -0.25) is 9.13 Å². The van der Waals surface area contributed by atoms with E-state index in [-0.39, 0.29) is 0 Å². The Morgan fingerprint density at radius 3 is 1.16 bits per heavy atom. The summed E-state index contributed by atoms with van der Waals surface area (Å²) < 4.78 is 4.55. The van der Waals surface area contributed by atoms with Gasteiger partial charge in [0.2, 0.25) is 5.95 Å². The molecule has 0 bridgehead atoms. The number of para-hydroxylation sites is 4. The van der Waals surface area contributed by atoms with Crippen molar-refractivity contribution in [1.82, 2.24) is 19.1 Å². The summed E-state index contributed by atoms with van der Waals surface area (Å²) in [5, 5.41) is 9.94. The fourth-order valence-electron chi connectivity index (χ4n) is 9.15. The van der Waals surface area contributed by atoms with E-state index in [1.54, 1.807) is 0 Å². The summed E-state index contributed by atoms with van der Waals surface area (Å²) in [5.74, 6) is 1.44. The molecule has 0 spiro atoms. The smallest absolute Gasteiger partial charge is 0.237 e. The van der Waals surface area contributed by atoms with E-state index >= 15 is 0 Å². The molecule has 0 atom stereocenters. The van der Waals surface area contributed by atoms with E-state index in [0.29, 0.717) is 5.95 Å². The van der Waals surface area contributed by atoms with Crippen LogP contribution in [0.25, 0.3) is 66.6 Å². The third-order valence-corrected chi connectivity index (χ3v) is 16.4. The first-order valence-electron chi connectivity index (χ1n) is 19.4. The summed E-state index contributed by atoms with van der Waals surface area (Å²) in [5.41, 5.74) is 6.30. The Bertz CT molecular complexity index is 2910. The normalized spacial score (nSPS) is 11.9. The average molecular weight is 745 g/mol. The van der Waals surface area contributed by atoms with Crippen LogP contribution in [0.2, 0.25) is 0 Å². The lowest BCUT2D eigenvalue weighted by Crippen LogP contribution is -2.75.